The zero-order valence-electron chi connectivity index (χ0n) is 13.6. The second-order valence-corrected chi connectivity index (χ2v) is 5.20. The summed E-state index contributed by atoms with van der Waals surface area (Å²) in [6, 6.07) is 12.5. The fourth-order valence-corrected chi connectivity index (χ4v) is 2.34. The number of ketones is 1. The molecule has 0 saturated carbocycles. The minimum Gasteiger partial charge on any atom is -0.489 e. The molecule has 120 valence electrons. The summed E-state index contributed by atoms with van der Waals surface area (Å²) in [6.45, 7) is 5.78. The zero-order valence-corrected chi connectivity index (χ0v) is 13.6. The lowest BCUT2D eigenvalue weighted by molar-refractivity contribution is 0.0523. The van der Waals surface area contributed by atoms with E-state index in [1.807, 2.05) is 25.1 Å². The highest BCUT2D eigenvalue weighted by Crippen LogP contribution is 2.20. The smallest absolute Gasteiger partial charge is 0.338 e. The zero-order chi connectivity index (χ0) is 16.8. The van der Waals surface area contributed by atoms with Gasteiger partial charge in [0.05, 0.1) is 12.2 Å². The van der Waals surface area contributed by atoms with Crippen molar-refractivity contribution in [1.29, 1.82) is 0 Å². The molecule has 0 unspecified atom stereocenters. The van der Waals surface area contributed by atoms with Crippen molar-refractivity contribution in [3.05, 3.63) is 64.7 Å². The van der Waals surface area contributed by atoms with E-state index in [0.717, 1.165) is 11.1 Å². The van der Waals surface area contributed by atoms with Crippen LogP contribution in [0.4, 0.5) is 0 Å². The number of aryl methyl sites for hydroxylation is 1. The highest BCUT2D eigenvalue weighted by molar-refractivity contribution is 5.95. The number of benzene rings is 2. The molecule has 0 amide bonds. The number of ether oxygens (including phenoxy) is 2. The molecule has 0 aliphatic carbocycles. The molecule has 0 bridgehead atoms. The molecule has 23 heavy (non-hydrogen) atoms. The summed E-state index contributed by atoms with van der Waals surface area (Å²) in [7, 11) is 0. The molecule has 0 aliphatic heterocycles. The number of hydrogen-bond acceptors (Lipinski definition) is 4. The largest absolute Gasteiger partial charge is 0.489 e. The van der Waals surface area contributed by atoms with E-state index in [0.29, 0.717) is 23.5 Å². The second kappa shape index (κ2) is 7.58. The van der Waals surface area contributed by atoms with Gasteiger partial charge in [0.25, 0.3) is 0 Å². The van der Waals surface area contributed by atoms with E-state index in [1.54, 1.807) is 38.1 Å². The summed E-state index contributed by atoms with van der Waals surface area (Å²) in [6.07, 6.45) is 0. The van der Waals surface area contributed by atoms with Gasteiger partial charge in [0.2, 0.25) is 0 Å². The topological polar surface area (TPSA) is 52.6 Å². The van der Waals surface area contributed by atoms with E-state index in [1.165, 1.54) is 0 Å². The molecule has 2 rings (SSSR count). The monoisotopic (exact) mass is 312 g/mol. The first-order chi connectivity index (χ1) is 11.0. The molecule has 0 fully saturated rings. The molecule has 0 atom stereocenters. The molecular formula is C19H20O4. The van der Waals surface area contributed by atoms with E-state index in [-0.39, 0.29) is 18.4 Å². The third kappa shape index (κ3) is 4.19. The van der Waals surface area contributed by atoms with E-state index >= 15 is 0 Å². The van der Waals surface area contributed by atoms with Gasteiger partial charge in [-0.25, -0.2) is 4.79 Å². The number of esters is 1. The molecule has 4 heteroatoms. The third-order valence-electron chi connectivity index (χ3n) is 3.48. The van der Waals surface area contributed by atoms with Crippen molar-refractivity contribution < 1.29 is 19.1 Å². The number of hydrogen-bond donors (Lipinski definition) is 0. The number of carbonyl (C=O) groups excluding carboxylic acids is 2. The van der Waals surface area contributed by atoms with Crippen molar-refractivity contribution in [3.8, 4) is 5.75 Å². The second-order valence-electron chi connectivity index (χ2n) is 5.20. The fourth-order valence-electron chi connectivity index (χ4n) is 2.34. The van der Waals surface area contributed by atoms with Crippen molar-refractivity contribution in [2.75, 3.05) is 6.61 Å². The Kier molecular flexibility index (Phi) is 5.52. The molecule has 0 aromatic heterocycles. The van der Waals surface area contributed by atoms with Gasteiger partial charge in [-0.15, -0.1) is 0 Å². The van der Waals surface area contributed by atoms with Crippen LogP contribution in [0, 0.1) is 6.92 Å². The van der Waals surface area contributed by atoms with Gasteiger partial charge >= 0.3 is 5.97 Å². The predicted octanol–water partition coefficient (Wildman–Crippen LogP) is 3.95. The molecular weight excluding hydrogens is 292 g/mol. The summed E-state index contributed by atoms with van der Waals surface area (Å²) in [4.78, 5) is 23.4. The van der Waals surface area contributed by atoms with Crippen LogP contribution in [0.15, 0.2) is 42.5 Å². The lowest BCUT2D eigenvalue weighted by atomic mass is 10.1. The fraction of sp³-hybridized carbons (Fsp3) is 0.263. The van der Waals surface area contributed by atoms with Crippen molar-refractivity contribution >= 4 is 11.8 Å². The van der Waals surface area contributed by atoms with Crippen LogP contribution in [0.5, 0.6) is 5.75 Å². The molecule has 4 nitrogen and oxygen atoms in total. The number of Topliss-reactive ketones (excluding diaryl/α,β-unsaturated/α-hetero) is 1. The average molecular weight is 312 g/mol. The van der Waals surface area contributed by atoms with Crippen LogP contribution >= 0.6 is 0 Å². The van der Waals surface area contributed by atoms with Crippen molar-refractivity contribution in [3.63, 3.8) is 0 Å². The molecule has 2 aromatic carbocycles. The van der Waals surface area contributed by atoms with Gasteiger partial charge in [-0.3, -0.25) is 4.79 Å². The van der Waals surface area contributed by atoms with Gasteiger partial charge in [0, 0.05) is 11.1 Å². The van der Waals surface area contributed by atoms with Crippen molar-refractivity contribution in [2.24, 2.45) is 0 Å². The van der Waals surface area contributed by atoms with Crippen LogP contribution in [0.3, 0.4) is 0 Å². The average Bonchev–Trinajstić information content (AvgIpc) is 2.53. The van der Waals surface area contributed by atoms with Gasteiger partial charge < -0.3 is 9.47 Å². The Balaban J connectivity index is 2.14. The first-order valence-corrected chi connectivity index (χ1v) is 7.52. The molecule has 2 aromatic rings. The van der Waals surface area contributed by atoms with Crippen LogP contribution < -0.4 is 4.74 Å². The first-order valence-electron chi connectivity index (χ1n) is 7.52. The predicted molar refractivity (Wildman–Crippen MR) is 87.9 cm³/mol. The lowest BCUT2D eigenvalue weighted by Crippen LogP contribution is -2.09. The molecule has 0 heterocycles. The van der Waals surface area contributed by atoms with Gasteiger partial charge in [0.1, 0.15) is 12.4 Å². The number of carbonyl (C=O) groups is 2. The van der Waals surface area contributed by atoms with Crippen molar-refractivity contribution in [2.45, 2.75) is 27.4 Å². The van der Waals surface area contributed by atoms with Gasteiger partial charge in [0.15, 0.2) is 5.78 Å². The van der Waals surface area contributed by atoms with Crippen LogP contribution in [0.1, 0.15) is 45.7 Å². The number of rotatable bonds is 6. The summed E-state index contributed by atoms with van der Waals surface area (Å²) >= 11 is 0. The lowest BCUT2D eigenvalue weighted by Gasteiger charge is -2.11. The van der Waals surface area contributed by atoms with Crippen LogP contribution in [-0.2, 0) is 11.3 Å². The highest BCUT2D eigenvalue weighted by atomic mass is 16.5. The highest BCUT2D eigenvalue weighted by Gasteiger charge is 2.12. The molecule has 0 radical (unpaired) electrons. The molecule has 0 spiro atoms. The van der Waals surface area contributed by atoms with E-state index in [4.69, 9.17) is 9.47 Å². The standard InChI is InChI=1S/C19H20O4/c1-4-22-19(21)18-8-6-5-7-15(18)12-23-16-9-10-17(14(3)20)13(2)11-16/h5-11H,4,12H2,1-3H3. The van der Waals surface area contributed by atoms with Crippen LogP contribution in [0.25, 0.3) is 0 Å². The van der Waals surface area contributed by atoms with Crippen LogP contribution in [-0.4, -0.2) is 18.4 Å². The summed E-state index contributed by atoms with van der Waals surface area (Å²) < 4.78 is 10.8. The van der Waals surface area contributed by atoms with E-state index in [2.05, 4.69) is 0 Å². The van der Waals surface area contributed by atoms with Gasteiger partial charge in [-0.05, 0) is 50.6 Å². The third-order valence-corrected chi connectivity index (χ3v) is 3.48. The Bertz CT molecular complexity index is 719. The van der Waals surface area contributed by atoms with Gasteiger partial charge in [-0.2, -0.15) is 0 Å². The Morgan fingerprint density at radius 2 is 1.78 bits per heavy atom. The summed E-state index contributed by atoms with van der Waals surface area (Å²) in [5, 5.41) is 0. The van der Waals surface area contributed by atoms with Crippen LogP contribution in [0.2, 0.25) is 0 Å². The molecule has 0 aliphatic rings. The Labute approximate surface area is 136 Å². The maximum atomic E-state index is 11.9. The maximum absolute atomic E-state index is 11.9. The quantitative estimate of drug-likeness (QED) is 0.598. The van der Waals surface area contributed by atoms with Crippen molar-refractivity contribution in [1.82, 2.24) is 0 Å². The summed E-state index contributed by atoms with van der Waals surface area (Å²) in [5.74, 6) is 0.336. The Morgan fingerprint density at radius 1 is 1.04 bits per heavy atom. The Morgan fingerprint density at radius 3 is 2.43 bits per heavy atom. The SMILES string of the molecule is CCOC(=O)c1ccccc1COc1ccc(C(C)=O)c(C)c1. The first kappa shape index (κ1) is 16.7. The van der Waals surface area contributed by atoms with E-state index in [9.17, 15) is 9.59 Å². The molecule has 0 N–H and O–H groups in total. The van der Waals surface area contributed by atoms with Gasteiger partial charge in [-0.1, -0.05) is 18.2 Å². The minimum atomic E-state index is -0.352. The van der Waals surface area contributed by atoms with E-state index < -0.39 is 0 Å². The normalized spacial score (nSPS) is 10.2. The maximum Gasteiger partial charge on any atom is 0.338 e. The minimum absolute atomic E-state index is 0.0294. The Hall–Kier alpha value is -2.62. The molecule has 0 saturated heterocycles. The summed E-state index contributed by atoms with van der Waals surface area (Å²) in [5.41, 5.74) is 2.82.